The number of carbonyl (C=O) groups is 3. The van der Waals surface area contributed by atoms with E-state index in [0.29, 0.717) is 35.5 Å². The Morgan fingerprint density at radius 1 is 0.821 bits per heavy atom. The summed E-state index contributed by atoms with van der Waals surface area (Å²) in [6.45, 7) is 1.40. The van der Waals surface area contributed by atoms with E-state index in [2.05, 4.69) is 20.5 Å². The number of fused-ring (bicyclic) bond motifs is 1. The van der Waals surface area contributed by atoms with Gasteiger partial charge in [0.25, 0.3) is 5.91 Å². The molecular formula is C45H41F3N4O4. The molecule has 0 saturated carbocycles. The van der Waals surface area contributed by atoms with Crippen LogP contribution in [0.5, 0.6) is 0 Å². The zero-order valence-electron chi connectivity index (χ0n) is 30.7. The first-order chi connectivity index (χ1) is 27.1. The van der Waals surface area contributed by atoms with Crippen LogP contribution in [0.25, 0.3) is 22.0 Å². The molecule has 1 aliphatic rings. The fraction of sp³-hybridized carbons (Fsp3) is 0.222. The number of nitrogens with zero attached hydrogens (tertiary/aromatic N) is 1. The monoisotopic (exact) mass is 758 g/mol. The van der Waals surface area contributed by atoms with Crippen LogP contribution in [0.4, 0.5) is 24.5 Å². The lowest BCUT2D eigenvalue weighted by atomic mass is 9.79. The maximum Gasteiger partial charge on any atom is 0.416 e. The number of carbonyl (C=O) groups excluding carboxylic acids is 3. The Morgan fingerprint density at radius 3 is 2.18 bits per heavy atom. The molecule has 1 aliphatic heterocycles. The fourth-order valence-electron chi connectivity index (χ4n) is 7.63. The number of H-pyrrole nitrogens is 1. The van der Waals surface area contributed by atoms with E-state index in [9.17, 15) is 27.6 Å². The summed E-state index contributed by atoms with van der Waals surface area (Å²) in [6.07, 6.45) is -0.835. The van der Waals surface area contributed by atoms with E-state index in [0.717, 1.165) is 52.7 Å². The van der Waals surface area contributed by atoms with Crippen molar-refractivity contribution in [3.63, 3.8) is 0 Å². The molecule has 0 radical (unpaired) electrons. The van der Waals surface area contributed by atoms with Gasteiger partial charge in [0, 0.05) is 53.5 Å². The van der Waals surface area contributed by atoms with Crippen LogP contribution in [-0.2, 0) is 26.9 Å². The van der Waals surface area contributed by atoms with Crippen molar-refractivity contribution in [1.29, 1.82) is 0 Å². The molecule has 1 aromatic heterocycles. The van der Waals surface area contributed by atoms with Crippen LogP contribution in [0.3, 0.4) is 0 Å². The number of amides is 2. The molecule has 2 amide bonds. The molecule has 3 N–H and O–H groups in total. The van der Waals surface area contributed by atoms with Crippen LogP contribution in [0.2, 0.25) is 0 Å². The Balaban J connectivity index is 1.01. The zero-order valence-corrected chi connectivity index (χ0v) is 30.7. The summed E-state index contributed by atoms with van der Waals surface area (Å²) in [4.78, 5) is 46.1. The topological polar surface area (TPSA) is 104 Å². The van der Waals surface area contributed by atoms with Crippen LogP contribution in [0, 0.1) is 5.92 Å². The van der Waals surface area contributed by atoms with E-state index in [1.165, 1.54) is 19.2 Å². The van der Waals surface area contributed by atoms with Crippen molar-refractivity contribution in [1.82, 2.24) is 10.3 Å². The molecule has 286 valence electrons. The van der Waals surface area contributed by atoms with Gasteiger partial charge in [-0.15, -0.1) is 0 Å². The Kier molecular flexibility index (Phi) is 11.2. The summed E-state index contributed by atoms with van der Waals surface area (Å²) in [5, 5.41) is 6.95. The summed E-state index contributed by atoms with van der Waals surface area (Å²) in [7, 11) is 1.33. The lowest BCUT2D eigenvalue weighted by Crippen LogP contribution is -2.47. The number of halogens is 3. The number of aromatic amines is 1. The molecule has 8 nitrogen and oxygen atoms in total. The quantitative estimate of drug-likeness (QED) is 0.115. The first-order valence-electron chi connectivity index (χ1n) is 18.5. The number of esters is 1. The second kappa shape index (κ2) is 16.6. The third-order valence-corrected chi connectivity index (χ3v) is 10.5. The van der Waals surface area contributed by atoms with Gasteiger partial charge in [0.1, 0.15) is 6.04 Å². The summed E-state index contributed by atoms with van der Waals surface area (Å²) >= 11 is 0. The van der Waals surface area contributed by atoms with E-state index >= 15 is 0 Å². The molecule has 2 atom stereocenters. The molecule has 1 fully saturated rings. The number of piperidine rings is 1. The second-order valence-corrected chi connectivity index (χ2v) is 14.0. The van der Waals surface area contributed by atoms with Crippen molar-refractivity contribution in [3.05, 3.63) is 156 Å². The van der Waals surface area contributed by atoms with Gasteiger partial charge in [0.05, 0.1) is 18.6 Å². The highest BCUT2D eigenvalue weighted by Gasteiger charge is 2.35. The van der Waals surface area contributed by atoms with Gasteiger partial charge in [-0.1, -0.05) is 78.9 Å². The molecular weight excluding hydrogens is 718 g/mol. The Morgan fingerprint density at radius 2 is 1.48 bits per heavy atom. The van der Waals surface area contributed by atoms with Crippen molar-refractivity contribution in [2.24, 2.45) is 5.92 Å². The fourth-order valence-corrected chi connectivity index (χ4v) is 7.63. The average Bonchev–Trinajstić information content (AvgIpc) is 3.63. The van der Waals surface area contributed by atoms with Gasteiger partial charge in [-0.05, 0) is 89.5 Å². The molecule has 0 bridgehead atoms. The molecule has 0 spiro atoms. The lowest BCUT2D eigenvalue weighted by Gasteiger charge is -2.37. The molecule has 56 heavy (non-hydrogen) atoms. The number of ether oxygens (including phenoxy) is 1. The largest absolute Gasteiger partial charge is 0.467 e. The first kappa shape index (κ1) is 37.9. The number of hydrogen-bond acceptors (Lipinski definition) is 5. The third-order valence-electron chi connectivity index (χ3n) is 10.5. The van der Waals surface area contributed by atoms with Crippen LogP contribution in [0.1, 0.15) is 45.8 Å². The van der Waals surface area contributed by atoms with Gasteiger partial charge in [-0.2, -0.15) is 13.2 Å². The van der Waals surface area contributed by atoms with E-state index in [-0.39, 0.29) is 24.2 Å². The Hall–Kier alpha value is -6.36. The maximum absolute atomic E-state index is 14.2. The number of rotatable bonds is 11. The van der Waals surface area contributed by atoms with Gasteiger partial charge >= 0.3 is 12.1 Å². The van der Waals surface area contributed by atoms with E-state index in [1.807, 2.05) is 85.1 Å². The van der Waals surface area contributed by atoms with E-state index in [4.69, 9.17) is 4.74 Å². The number of nitrogens with one attached hydrogen (secondary N) is 3. The smallest absolute Gasteiger partial charge is 0.416 e. The van der Waals surface area contributed by atoms with Gasteiger partial charge in [0.2, 0.25) is 5.91 Å². The Labute approximate surface area is 322 Å². The minimum Gasteiger partial charge on any atom is -0.467 e. The Bertz CT molecular complexity index is 2300. The van der Waals surface area contributed by atoms with Crippen LogP contribution in [-0.4, -0.2) is 49.0 Å². The average molecular weight is 759 g/mol. The van der Waals surface area contributed by atoms with Crippen molar-refractivity contribution in [2.75, 3.05) is 30.4 Å². The summed E-state index contributed by atoms with van der Waals surface area (Å²) in [6, 6.07) is 35.7. The minimum absolute atomic E-state index is 0.0170. The molecule has 11 heteroatoms. The third kappa shape index (κ3) is 8.47. The second-order valence-electron chi connectivity index (χ2n) is 14.0. The number of alkyl halides is 3. The van der Waals surface area contributed by atoms with Crippen molar-refractivity contribution in [3.8, 4) is 11.1 Å². The number of benzene rings is 5. The van der Waals surface area contributed by atoms with Gasteiger partial charge in [0.15, 0.2) is 0 Å². The highest BCUT2D eigenvalue weighted by Crippen LogP contribution is 2.36. The maximum atomic E-state index is 14.2. The highest BCUT2D eigenvalue weighted by atomic mass is 19.4. The number of hydrogen-bond donors (Lipinski definition) is 3. The van der Waals surface area contributed by atoms with E-state index in [1.54, 1.807) is 24.3 Å². The van der Waals surface area contributed by atoms with Gasteiger partial charge < -0.3 is 25.3 Å². The normalized spacial score (nSPS) is 14.5. The van der Waals surface area contributed by atoms with Crippen LogP contribution >= 0.6 is 0 Å². The summed E-state index contributed by atoms with van der Waals surface area (Å²) in [5.74, 6) is -1.56. The molecule has 1 saturated heterocycles. The molecule has 2 unspecified atom stereocenters. The number of methoxy groups -OCH3 is 1. The van der Waals surface area contributed by atoms with E-state index < -0.39 is 29.7 Å². The zero-order chi connectivity index (χ0) is 39.2. The molecule has 0 aliphatic carbocycles. The predicted octanol–water partition coefficient (Wildman–Crippen LogP) is 9.01. The highest BCUT2D eigenvalue weighted by molar-refractivity contribution is 6.08. The van der Waals surface area contributed by atoms with Crippen LogP contribution in [0.15, 0.2) is 134 Å². The number of aromatic nitrogens is 1. The van der Waals surface area contributed by atoms with Crippen LogP contribution < -0.4 is 15.5 Å². The standard InChI is InChI=1S/C45H41F3N4O4/c1-56-44(55)40(27-32-28-49-39-14-8-7-12-37(32)39)51-43(54)41(30-9-3-2-4-10-30)31-23-25-52(26-24-31)35-21-19-34(20-22-35)50-42(53)38-13-6-5-11-36(38)29-15-17-33(18-16-29)45(46,47)48/h2-22,28,31,40-41,49H,23-27H2,1H3,(H,50,53)(H,51,54). The summed E-state index contributed by atoms with van der Waals surface area (Å²) in [5.41, 5.74) is 4.91. The number of para-hydroxylation sites is 1. The van der Waals surface area contributed by atoms with Crippen molar-refractivity contribution in [2.45, 2.75) is 37.4 Å². The lowest BCUT2D eigenvalue weighted by molar-refractivity contribution is -0.145. The predicted molar refractivity (Wildman–Crippen MR) is 211 cm³/mol. The molecule has 5 aromatic carbocycles. The van der Waals surface area contributed by atoms with Gasteiger partial charge in [-0.3, -0.25) is 9.59 Å². The molecule has 2 heterocycles. The molecule has 7 rings (SSSR count). The van der Waals surface area contributed by atoms with Crippen molar-refractivity contribution < 1.29 is 32.3 Å². The minimum atomic E-state index is -4.45. The summed E-state index contributed by atoms with van der Waals surface area (Å²) < 4.78 is 44.5. The first-order valence-corrected chi connectivity index (χ1v) is 18.5. The SMILES string of the molecule is COC(=O)C(Cc1c[nH]c2ccccc12)NC(=O)C(c1ccccc1)C1CCN(c2ccc(NC(=O)c3ccccc3-c3ccc(C(F)(F)F)cc3)cc2)CC1. The van der Waals surface area contributed by atoms with Crippen molar-refractivity contribution >= 4 is 40.1 Å². The molecule has 6 aromatic rings. The van der Waals surface area contributed by atoms with Gasteiger partial charge in [-0.25, -0.2) is 4.79 Å². The number of anilines is 2.